The minimum atomic E-state index is -4.20. The molecule has 1 aliphatic rings. The zero-order valence-corrected chi connectivity index (χ0v) is 19.5. The van der Waals surface area contributed by atoms with Gasteiger partial charge in [-0.1, -0.05) is 6.42 Å². The molecular formula is C22H25FN6O4S. The van der Waals surface area contributed by atoms with Gasteiger partial charge in [-0.05, 0) is 43.9 Å². The first-order valence-electron chi connectivity index (χ1n) is 10.8. The monoisotopic (exact) mass is 488 g/mol. The first-order chi connectivity index (χ1) is 16.2. The van der Waals surface area contributed by atoms with Gasteiger partial charge in [0.2, 0.25) is 5.91 Å². The van der Waals surface area contributed by atoms with E-state index in [4.69, 9.17) is 4.74 Å². The molecule has 34 heavy (non-hydrogen) atoms. The van der Waals surface area contributed by atoms with E-state index in [1.807, 2.05) is 0 Å². The van der Waals surface area contributed by atoms with Crippen molar-refractivity contribution in [1.29, 1.82) is 0 Å². The number of aromatic nitrogens is 4. The smallest absolute Gasteiger partial charge is 0.265 e. The number of H-pyrrole nitrogens is 1. The zero-order valence-electron chi connectivity index (χ0n) is 18.7. The van der Waals surface area contributed by atoms with Crippen molar-refractivity contribution >= 4 is 27.6 Å². The fourth-order valence-electron chi connectivity index (χ4n) is 4.12. The van der Waals surface area contributed by atoms with Crippen LogP contribution in [0.5, 0.6) is 5.75 Å². The molecule has 2 aromatic heterocycles. The quantitative estimate of drug-likeness (QED) is 0.462. The second-order valence-corrected chi connectivity index (χ2v) is 9.83. The molecule has 1 amide bonds. The maximum absolute atomic E-state index is 15.0. The van der Waals surface area contributed by atoms with Crippen molar-refractivity contribution in [1.82, 2.24) is 20.2 Å². The summed E-state index contributed by atoms with van der Waals surface area (Å²) in [6.45, 7) is 3.08. The Hall–Kier alpha value is -3.54. The van der Waals surface area contributed by atoms with E-state index < -0.39 is 20.7 Å². The molecule has 1 aliphatic carbocycles. The summed E-state index contributed by atoms with van der Waals surface area (Å²) in [6, 6.07) is 3.71. The molecule has 4 rings (SSSR count). The van der Waals surface area contributed by atoms with Gasteiger partial charge in [0.05, 0.1) is 6.20 Å². The summed E-state index contributed by atoms with van der Waals surface area (Å²) >= 11 is 0. The Balaban J connectivity index is 1.58. The van der Waals surface area contributed by atoms with E-state index in [-0.39, 0.29) is 29.5 Å². The van der Waals surface area contributed by atoms with Crippen molar-refractivity contribution in [3.05, 3.63) is 53.9 Å². The highest BCUT2D eigenvalue weighted by Crippen LogP contribution is 2.39. The molecule has 0 radical (unpaired) electrons. The maximum Gasteiger partial charge on any atom is 0.265 e. The maximum atomic E-state index is 15.0. The van der Waals surface area contributed by atoms with Crippen molar-refractivity contribution in [2.75, 3.05) is 10.0 Å². The summed E-state index contributed by atoms with van der Waals surface area (Å²) in [4.78, 5) is 18.6. The lowest BCUT2D eigenvalue weighted by molar-refractivity contribution is -0.114. The predicted octanol–water partition coefficient (Wildman–Crippen LogP) is 3.51. The summed E-state index contributed by atoms with van der Waals surface area (Å²) in [5.74, 6) is -0.402. The number of hydrogen-bond acceptors (Lipinski definition) is 7. The van der Waals surface area contributed by atoms with Crippen LogP contribution in [-0.2, 0) is 14.8 Å². The average Bonchev–Trinajstić information content (AvgIpc) is 3.24. The number of carbonyl (C=O) groups is 1. The fraction of sp³-hybridized carbons (Fsp3) is 0.364. The van der Waals surface area contributed by atoms with Gasteiger partial charge in [0.15, 0.2) is 0 Å². The Labute approximate surface area is 196 Å². The molecule has 3 N–H and O–H groups in total. The number of carbonyl (C=O) groups excluding carboxylic acids is 1. The van der Waals surface area contributed by atoms with Gasteiger partial charge < -0.3 is 10.1 Å². The molecule has 10 nitrogen and oxygen atoms in total. The first-order valence-corrected chi connectivity index (χ1v) is 12.3. The van der Waals surface area contributed by atoms with Crippen LogP contribution < -0.4 is 14.8 Å². The molecule has 2 unspecified atom stereocenters. The number of rotatable bonds is 7. The number of sulfonamides is 1. The average molecular weight is 489 g/mol. The van der Waals surface area contributed by atoms with E-state index in [1.54, 1.807) is 13.1 Å². The Morgan fingerprint density at radius 2 is 2.06 bits per heavy atom. The van der Waals surface area contributed by atoms with Gasteiger partial charge in [-0.2, -0.15) is 5.10 Å². The van der Waals surface area contributed by atoms with Crippen molar-refractivity contribution in [3.63, 3.8) is 0 Å². The fourth-order valence-corrected chi connectivity index (χ4v) is 5.28. The molecule has 2 heterocycles. The molecular weight excluding hydrogens is 463 g/mol. The molecule has 0 saturated heterocycles. The number of benzene rings is 1. The third kappa shape index (κ3) is 5.16. The molecule has 2 atom stereocenters. The van der Waals surface area contributed by atoms with Crippen LogP contribution in [0.25, 0.3) is 0 Å². The van der Waals surface area contributed by atoms with E-state index in [1.165, 1.54) is 31.6 Å². The van der Waals surface area contributed by atoms with Crippen molar-refractivity contribution in [2.24, 2.45) is 0 Å². The van der Waals surface area contributed by atoms with Gasteiger partial charge in [-0.3, -0.25) is 14.6 Å². The van der Waals surface area contributed by atoms with Crippen LogP contribution in [0.1, 0.15) is 49.7 Å². The van der Waals surface area contributed by atoms with Gasteiger partial charge in [0.1, 0.15) is 40.5 Å². The third-order valence-electron chi connectivity index (χ3n) is 5.69. The van der Waals surface area contributed by atoms with Crippen LogP contribution in [0.4, 0.5) is 16.0 Å². The highest BCUT2D eigenvalue weighted by Gasteiger charge is 2.32. The Morgan fingerprint density at radius 1 is 1.26 bits per heavy atom. The minimum absolute atomic E-state index is 0.0347. The van der Waals surface area contributed by atoms with Crippen molar-refractivity contribution < 1.29 is 22.3 Å². The number of ether oxygens (including phenoxy) is 1. The van der Waals surface area contributed by atoms with Crippen LogP contribution in [0, 0.1) is 12.7 Å². The van der Waals surface area contributed by atoms with E-state index in [2.05, 4.69) is 30.2 Å². The molecule has 1 fully saturated rings. The number of halogens is 1. The van der Waals surface area contributed by atoms with Crippen LogP contribution in [0.2, 0.25) is 0 Å². The standard InChI is InChI=1S/C22H25FN6O4S/c1-13-9-20(34(31,32)29-21-7-8-24-12-25-21)17(23)10-19(13)33-18-6-4-3-5-15(18)16-11-26-28-22(16)27-14(2)30/h7-12,15,18H,3-6H2,1-2H3,(H,24,25,29)(H2,26,27,28,30). The van der Waals surface area contributed by atoms with E-state index in [0.717, 1.165) is 37.3 Å². The van der Waals surface area contributed by atoms with E-state index in [9.17, 15) is 17.6 Å². The van der Waals surface area contributed by atoms with Gasteiger partial charge in [0, 0.05) is 30.7 Å². The SMILES string of the molecule is CC(=O)Nc1[nH]ncc1C1CCCCC1Oc1cc(F)c(S(=O)(=O)Nc2ccncn2)cc1C. The normalized spacial score (nSPS) is 18.3. The lowest BCUT2D eigenvalue weighted by Gasteiger charge is -2.32. The molecule has 180 valence electrons. The van der Waals surface area contributed by atoms with Gasteiger partial charge >= 0.3 is 0 Å². The van der Waals surface area contributed by atoms with Crippen LogP contribution in [-0.4, -0.2) is 40.6 Å². The largest absolute Gasteiger partial charge is 0.489 e. The topological polar surface area (TPSA) is 139 Å². The summed E-state index contributed by atoms with van der Waals surface area (Å²) in [6.07, 6.45) is 7.40. The third-order valence-corrected chi connectivity index (χ3v) is 7.06. The number of amides is 1. The highest BCUT2D eigenvalue weighted by molar-refractivity contribution is 7.92. The minimum Gasteiger partial charge on any atom is -0.489 e. The van der Waals surface area contributed by atoms with Crippen molar-refractivity contribution in [2.45, 2.75) is 56.4 Å². The molecule has 0 bridgehead atoms. The number of nitrogens with one attached hydrogen (secondary N) is 3. The first kappa shape index (κ1) is 23.6. The molecule has 0 aliphatic heterocycles. The lowest BCUT2D eigenvalue weighted by Crippen LogP contribution is -2.29. The van der Waals surface area contributed by atoms with Gasteiger partial charge in [0.25, 0.3) is 10.0 Å². The number of hydrogen-bond donors (Lipinski definition) is 3. The van der Waals surface area contributed by atoms with Gasteiger partial charge in [-0.25, -0.2) is 22.8 Å². The van der Waals surface area contributed by atoms with E-state index >= 15 is 0 Å². The Kier molecular flexibility index (Phi) is 6.77. The zero-order chi connectivity index (χ0) is 24.3. The summed E-state index contributed by atoms with van der Waals surface area (Å²) < 4.78 is 48.9. The highest BCUT2D eigenvalue weighted by atomic mass is 32.2. The molecule has 0 spiro atoms. The van der Waals surface area contributed by atoms with Crippen LogP contribution in [0.3, 0.4) is 0 Å². The van der Waals surface area contributed by atoms with Crippen molar-refractivity contribution in [3.8, 4) is 5.75 Å². The molecule has 1 saturated carbocycles. The summed E-state index contributed by atoms with van der Waals surface area (Å²) in [5, 5.41) is 9.61. The summed E-state index contributed by atoms with van der Waals surface area (Å²) in [7, 11) is -4.20. The molecule has 12 heteroatoms. The van der Waals surface area contributed by atoms with Gasteiger partial charge in [-0.15, -0.1) is 0 Å². The second-order valence-electron chi connectivity index (χ2n) is 8.18. The summed E-state index contributed by atoms with van der Waals surface area (Å²) in [5.41, 5.74) is 1.30. The Morgan fingerprint density at radius 3 is 2.79 bits per heavy atom. The lowest BCUT2D eigenvalue weighted by atomic mass is 9.82. The van der Waals surface area contributed by atoms with E-state index in [0.29, 0.717) is 11.4 Å². The van der Waals surface area contributed by atoms with Crippen LogP contribution >= 0.6 is 0 Å². The second kappa shape index (κ2) is 9.75. The Bertz CT molecular complexity index is 1280. The van der Waals surface area contributed by atoms with Crippen LogP contribution in [0.15, 0.2) is 41.8 Å². The number of aromatic amines is 1. The molecule has 3 aromatic rings. The molecule has 1 aromatic carbocycles. The number of aryl methyl sites for hydroxylation is 1. The number of anilines is 2. The number of nitrogens with zero attached hydrogens (tertiary/aromatic N) is 3. The predicted molar refractivity (Wildman–Crippen MR) is 122 cm³/mol.